The summed E-state index contributed by atoms with van der Waals surface area (Å²) in [6.45, 7) is 3.75. The number of benzene rings is 1. The van der Waals surface area contributed by atoms with Crippen LogP contribution in [-0.2, 0) is 6.54 Å². The largest absolute Gasteiger partial charge is 0.361 e. The number of aromatic nitrogens is 1. The Labute approximate surface area is 125 Å². The first-order valence-corrected chi connectivity index (χ1v) is 6.42. The summed E-state index contributed by atoms with van der Waals surface area (Å²) < 4.78 is 4.99. The highest BCUT2D eigenvalue weighted by Crippen LogP contribution is 2.25. The van der Waals surface area contributed by atoms with Gasteiger partial charge >= 0.3 is 0 Å². The first kappa shape index (κ1) is 15.0. The summed E-state index contributed by atoms with van der Waals surface area (Å²) in [6.07, 6.45) is 0. The predicted molar refractivity (Wildman–Crippen MR) is 75.3 cm³/mol. The van der Waals surface area contributed by atoms with Crippen LogP contribution in [0.2, 0.25) is 5.02 Å². The first-order chi connectivity index (χ1) is 9.90. The second-order valence-electron chi connectivity index (χ2n) is 4.41. The summed E-state index contributed by atoms with van der Waals surface area (Å²) in [5.41, 5.74) is 1.33. The lowest BCUT2D eigenvalue weighted by molar-refractivity contribution is -0.384. The summed E-state index contributed by atoms with van der Waals surface area (Å²) in [7, 11) is 0. The third-order valence-electron chi connectivity index (χ3n) is 3.01. The fourth-order valence-electron chi connectivity index (χ4n) is 1.82. The SMILES string of the molecule is Cc1noc(C)c1CNC(=O)c1ccc(Cl)c([N+](=O)[O-])c1. The van der Waals surface area contributed by atoms with Gasteiger partial charge in [-0.2, -0.15) is 0 Å². The zero-order valence-corrected chi connectivity index (χ0v) is 12.1. The third-order valence-corrected chi connectivity index (χ3v) is 3.33. The van der Waals surface area contributed by atoms with E-state index in [1.165, 1.54) is 12.1 Å². The van der Waals surface area contributed by atoms with Gasteiger partial charge in [0, 0.05) is 23.7 Å². The normalized spacial score (nSPS) is 10.4. The molecule has 0 aliphatic rings. The third kappa shape index (κ3) is 3.19. The second kappa shape index (κ2) is 5.92. The van der Waals surface area contributed by atoms with Gasteiger partial charge in [-0.25, -0.2) is 0 Å². The molecule has 0 fully saturated rings. The minimum absolute atomic E-state index is 0.0118. The van der Waals surface area contributed by atoms with Gasteiger partial charge in [0.1, 0.15) is 10.8 Å². The molecule has 0 saturated heterocycles. The van der Waals surface area contributed by atoms with Crippen molar-refractivity contribution >= 4 is 23.2 Å². The van der Waals surface area contributed by atoms with Crippen LogP contribution in [0.25, 0.3) is 0 Å². The Morgan fingerprint density at radius 3 is 2.76 bits per heavy atom. The van der Waals surface area contributed by atoms with Crippen LogP contribution in [0.1, 0.15) is 27.4 Å². The van der Waals surface area contributed by atoms with E-state index in [0.717, 1.165) is 11.6 Å². The van der Waals surface area contributed by atoms with E-state index in [1.54, 1.807) is 13.8 Å². The molecule has 110 valence electrons. The molecule has 1 aromatic heterocycles. The molecule has 2 aromatic rings. The summed E-state index contributed by atoms with van der Waals surface area (Å²) in [4.78, 5) is 22.2. The fraction of sp³-hybridized carbons (Fsp3) is 0.231. The highest BCUT2D eigenvalue weighted by Gasteiger charge is 2.17. The maximum absolute atomic E-state index is 12.0. The molecular formula is C13H12ClN3O4. The summed E-state index contributed by atoms with van der Waals surface area (Å²) >= 11 is 5.70. The molecule has 8 heteroatoms. The molecular weight excluding hydrogens is 298 g/mol. The van der Waals surface area contributed by atoms with Crippen molar-refractivity contribution in [1.29, 1.82) is 0 Å². The van der Waals surface area contributed by atoms with Crippen LogP contribution in [0.5, 0.6) is 0 Å². The Morgan fingerprint density at radius 1 is 1.48 bits per heavy atom. The zero-order valence-electron chi connectivity index (χ0n) is 11.3. The monoisotopic (exact) mass is 309 g/mol. The van der Waals surface area contributed by atoms with Crippen molar-refractivity contribution in [2.24, 2.45) is 0 Å². The van der Waals surface area contributed by atoms with Crippen molar-refractivity contribution < 1.29 is 14.2 Å². The molecule has 1 aromatic carbocycles. The molecule has 1 amide bonds. The van der Waals surface area contributed by atoms with Gasteiger partial charge < -0.3 is 9.84 Å². The average Bonchev–Trinajstić information content (AvgIpc) is 2.75. The van der Waals surface area contributed by atoms with Gasteiger partial charge in [0.25, 0.3) is 11.6 Å². The average molecular weight is 310 g/mol. The number of carbonyl (C=O) groups is 1. The summed E-state index contributed by atoms with van der Waals surface area (Å²) in [5.74, 6) is 0.185. The van der Waals surface area contributed by atoms with Gasteiger partial charge in [-0.1, -0.05) is 16.8 Å². The van der Waals surface area contributed by atoms with Gasteiger partial charge in [0.2, 0.25) is 0 Å². The Balaban J connectivity index is 2.14. The Bertz CT molecular complexity index is 692. The molecule has 0 bridgehead atoms. The minimum Gasteiger partial charge on any atom is -0.361 e. The lowest BCUT2D eigenvalue weighted by Gasteiger charge is -2.05. The van der Waals surface area contributed by atoms with Crippen molar-refractivity contribution in [2.45, 2.75) is 20.4 Å². The number of carbonyl (C=O) groups excluding carboxylic acids is 1. The molecule has 0 spiro atoms. The molecule has 0 aliphatic heterocycles. The zero-order chi connectivity index (χ0) is 15.6. The maximum Gasteiger partial charge on any atom is 0.288 e. The van der Waals surface area contributed by atoms with Crippen LogP contribution in [0, 0.1) is 24.0 Å². The van der Waals surface area contributed by atoms with E-state index in [0.29, 0.717) is 11.5 Å². The van der Waals surface area contributed by atoms with Crippen LogP contribution < -0.4 is 5.32 Å². The van der Waals surface area contributed by atoms with E-state index < -0.39 is 10.8 Å². The van der Waals surface area contributed by atoms with Crippen LogP contribution in [-0.4, -0.2) is 16.0 Å². The topological polar surface area (TPSA) is 98.3 Å². The number of hydrogen-bond acceptors (Lipinski definition) is 5. The number of rotatable bonds is 4. The molecule has 21 heavy (non-hydrogen) atoms. The standard InChI is InChI=1S/C13H12ClN3O4/c1-7-10(8(2)21-16-7)6-15-13(18)9-3-4-11(14)12(5-9)17(19)20/h3-5H,6H2,1-2H3,(H,15,18). The van der Waals surface area contributed by atoms with Gasteiger partial charge in [-0.15, -0.1) is 0 Å². The highest BCUT2D eigenvalue weighted by atomic mass is 35.5. The molecule has 0 atom stereocenters. The van der Waals surface area contributed by atoms with Crippen molar-refractivity contribution in [2.75, 3.05) is 0 Å². The van der Waals surface area contributed by atoms with Crippen molar-refractivity contribution in [3.63, 3.8) is 0 Å². The van der Waals surface area contributed by atoms with E-state index in [1.807, 2.05) is 0 Å². The molecule has 2 rings (SSSR count). The minimum atomic E-state index is -0.632. The van der Waals surface area contributed by atoms with E-state index >= 15 is 0 Å². The Kier molecular flexibility index (Phi) is 4.23. The summed E-state index contributed by atoms with van der Waals surface area (Å²) in [6, 6.07) is 3.90. The molecule has 1 N–H and O–H groups in total. The molecule has 1 heterocycles. The first-order valence-electron chi connectivity index (χ1n) is 6.04. The van der Waals surface area contributed by atoms with Gasteiger partial charge in [-0.3, -0.25) is 14.9 Å². The number of hydrogen-bond donors (Lipinski definition) is 1. The number of aryl methyl sites for hydroxylation is 2. The van der Waals surface area contributed by atoms with Crippen LogP contribution in [0.4, 0.5) is 5.69 Å². The number of halogens is 1. The van der Waals surface area contributed by atoms with Crippen LogP contribution in [0.3, 0.4) is 0 Å². The number of nitrogens with zero attached hydrogens (tertiary/aromatic N) is 2. The summed E-state index contributed by atoms with van der Waals surface area (Å²) in [5, 5.41) is 17.2. The molecule has 0 unspecified atom stereocenters. The highest BCUT2D eigenvalue weighted by molar-refractivity contribution is 6.32. The lowest BCUT2D eigenvalue weighted by atomic mass is 10.1. The van der Waals surface area contributed by atoms with Crippen LogP contribution >= 0.6 is 11.6 Å². The van der Waals surface area contributed by atoms with Crippen LogP contribution in [0.15, 0.2) is 22.7 Å². The van der Waals surface area contributed by atoms with Crippen molar-refractivity contribution in [3.8, 4) is 0 Å². The fourth-order valence-corrected chi connectivity index (χ4v) is 2.01. The van der Waals surface area contributed by atoms with Gasteiger partial charge in [0.15, 0.2) is 0 Å². The molecule has 0 saturated carbocycles. The second-order valence-corrected chi connectivity index (χ2v) is 4.82. The number of amides is 1. The van der Waals surface area contributed by atoms with E-state index in [9.17, 15) is 14.9 Å². The molecule has 7 nitrogen and oxygen atoms in total. The number of nitro benzene ring substituents is 1. The van der Waals surface area contributed by atoms with E-state index in [-0.39, 0.29) is 22.8 Å². The smallest absolute Gasteiger partial charge is 0.288 e. The van der Waals surface area contributed by atoms with Gasteiger partial charge in [-0.05, 0) is 26.0 Å². The molecule has 0 aliphatic carbocycles. The number of nitro groups is 1. The van der Waals surface area contributed by atoms with Gasteiger partial charge in [0.05, 0.1) is 10.6 Å². The Hall–Kier alpha value is -2.41. The molecule has 0 radical (unpaired) electrons. The van der Waals surface area contributed by atoms with E-state index in [4.69, 9.17) is 16.1 Å². The van der Waals surface area contributed by atoms with Crippen molar-refractivity contribution in [3.05, 3.63) is 55.9 Å². The van der Waals surface area contributed by atoms with E-state index in [2.05, 4.69) is 10.5 Å². The quantitative estimate of drug-likeness (QED) is 0.691. The maximum atomic E-state index is 12.0. The Morgan fingerprint density at radius 2 is 2.19 bits per heavy atom. The predicted octanol–water partition coefficient (Wildman–Crippen LogP) is 2.78. The van der Waals surface area contributed by atoms with Crippen molar-refractivity contribution in [1.82, 2.24) is 10.5 Å². The lowest BCUT2D eigenvalue weighted by Crippen LogP contribution is -2.23. The number of nitrogens with one attached hydrogen (secondary N) is 1.